The Morgan fingerprint density at radius 2 is 2.21 bits per heavy atom. The second kappa shape index (κ2) is 5.21. The molecule has 100 valence electrons. The van der Waals surface area contributed by atoms with Gasteiger partial charge >= 0.3 is 0 Å². The van der Waals surface area contributed by atoms with Crippen molar-refractivity contribution in [1.82, 2.24) is 10.5 Å². The maximum Gasteiger partial charge on any atom is 0.222 e. The molecule has 1 aliphatic rings. The van der Waals surface area contributed by atoms with Crippen molar-refractivity contribution in [3.05, 3.63) is 34.9 Å². The molecule has 0 radical (unpaired) electrons. The second-order valence-electron chi connectivity index (χ2n) is 4.47. The molecule has 3 N–H and O–H groups in total. The quantitative estimate of drug-likeness (QED) is 0.882. The zero-order valence-corrected chi connectivity index (χ0v) is 11.0. The molecule has 0 saturated carbocycles. The van der Waals surface area contributed by atoms with Gasteiger partial charge in [0.2, 0.25) is 5.88 Å². The molecule has 0 spiro atoms. The van der Waals surface area contributed by atoms with E-state index in [1.54, 1.807) is 6.07 Å². The van der Waals surface area contributed by atoms with Gasteiger partial charge < -0.3 is 20.3 Å². The first-order chi connectivity index (χ1) is 9.22. The van der Waals surface area contributed by atoms with Gasteiger partial charge in [-0.25, -0.2) is 0 Å². The van der Waals surface area contributed by atoms with E-state index in [9.17, 15) is 0 Å². The van der Waals surface area contributed by atoms with Crippen LogP contribution >= 0.6 is 11.6 Å². The molecule has 2 aromatic rings. The first-order valence-electron chi connectivity index (χ1n) is 6.06. The maximum atomic E-state index is 6.17. The van der Waals surface area contributed by atoms with Crippen molar-refractivity contribution in [2.75, 3.05) is 25.5 Å². The van der Waals surface area contributed by atoms with Gasteiger partial charge in [-0.1, -0.05) is 16.8 Å². The van der Waals surface area contributed by atoms with Crippen LogP contribution < -0.4 is 11.1 Å². The molecule has 6 heteroatoms. The SMILES string of the molecule is Nc1cc(-c2cc(Cl)cc(C3COCCN3)c2)no1. The van der Waals surface area contributed by atoms with Crippen LogP contribution in [-0.2, 0) is 4.74 Å². The lowest BCUT2D eigenvalue weighted by Crippen LogP contribution is -2.34. The van der Waals surface area contributed by atoms with E-state index in [0.29, 0.717) is 17.3 Å². The van der Waals surface area contributed by atoms with Gasteiger partial charge in [-0.3, -0.25) is 0 Å². The molecular formula is C13H14ClN3O2. The molecule has 1 atom stereocenters. The van der Waals surface area contributed by atoms with Crippen LogP contribution in [0.15, 0.2) is 28.8 Å². The third-order valence-corrected chi connectivity index (χ3v) is 3.29. The molecule has 19 heavy (non-hydrogen) atoms. The molecule has 1 fully saturated rings. The summed E-state index contributed by atoms with van der Waals surface area (Å²) in [4.78, 5) is 0. The van der Waals surface area contributed by atoms with Crippen LogP contribution in [0.1, 0.15) is 11.6 Å². The summed E-state index contributed by atoms with van der Waals surface area (Å²) in [6.07, 6.45) is 0. The first kappa shape index (κ1) is 12.5. The van der Waals surface area contributed by atoms with E-state index in [4.69, 9.17) is 26.6 Å². The number of nitrogens with one attached hydrogen (secondary N) is 1. The molecule has 1 unspecified atom stereocenters. The smallest absolute Gasteiger partial charge is 0.222 e. The number of morpholine rings is 1. The summed E-state index contributed by atoms with van der Waals surface area (Å²) in [6, 6.07) is 7.62. The summed E-state index contributed by atoms with van der Waals surface area (Å²) in [5.74, 6) is 0.288. The Balaban J connectivity index is 1.95. The molecule has 5 nitrogen and oxygen atoms in total. The minimum Gasteiger partial charge on any atom is -0.378 e. The highest BCUT2D eigenvalue weighted by molar-refractivity contribution is 6.31. The van der Waals surface area contributed by atoms with E-state index in [1.807, 2.05) is 18.2 Å². The maximum absolute atomic E-state index is 6.17. The van der Waals surface area contributed by atoms with Crippen molar-refractivity contribution in [2.24, 2.45) is 0 Å². The molecule has 0 aliphatic carbocycles. The fourth-order valence-electron chi connectivity index (χ4n) is 2.17. The van der Waals surface area contributed by atoms with Crippen molar-refractivity contribution >= 4 is 17.5 Å². The molecular weight excluding hydrogens is 266 g/mol. The van der Waals surface area contributed by atoms with E-state index in [0.717, 1.165) is 24.3 Å². The number of hydrogen-bond acceptors (Lipinski definition) is 5. The number of nitrogens with two attached hydrogens (primary N) is 1. The number of rotatable bonds is 2. The number of ether oxygens (including phenoxy) is 1. The number of nitrogen functional groups attached to an aromatic ring is 1. The van der Waals surface area contributed by atoms with E-state index in [2.05, 4.69) is 10.5 Å². The number of aromatic nitrogens is 1. The van der Waals surface area contributed by atoms with Crippen LogP contribution in [-0.4, -0.2) is 24.9 Å². The summed E-state index contributed by atoms with van der Waals surface area (Å²) >= 11 is 6.17. The fourth-order valence-corrected chi connectivity index (χ4v) is 2.41. The number of anilines is 1. The molecule has 2 heterocycles. The Bertz CT molecular complexity index is 579. The van der Waals surface area contributed by atoms with Crippen molar-refractivity contribution in [3.63, 3.8) is 0 Å². The van der Waals surface area contributed by atoms with Gasteiger partial charge in [-0.2, -0.15) is 0 Å². The van der Waals surface area contributed by atoms with Crippen molar-refractivity contribution in [1.29, 1.82) is 0 Å². The third kappa shape index (κ3) is 2.73. The summed E-state index contributed by atoms with van der Waals surface area (Å²) in [5, 5.41) is 7.95. The standard InChI is InChI=1S/C13H14ClN3O2/c14-10-4-8(11-6-13(15)19-17-11)3-9(5-10)12-7-18-2-1-16-12/h3-6,12,16H,1-2,7,15H2. The Morgan fingerprint density at radius 1 is 1.32 bits per heavy atom. The largest absolute Gasteiger partial charge is 0.378 e. The fraction of sp³-hybridized carbons (Fsp3) is 0.308. The molecule has 0 bridgehead atoms. The Morgan fingerprint density at radius 3 is 2.89 bits per heavy atom. The van der Waals surface area contributed by atoms with Gasteiger partial charge in [-0.05, 0) is 23.8 Å². The van der Waals surface area contributed by atoms with E-state index < -0.39 is 0 Å². The van der Waals surface area contributed by atoms with E-state index in [1.165, 1.54) is 0 Å². The Kier molecular flexibility index (Phi) is 3.42. The number of benzene rings is 1. The summed E-state index contributed by atoms with van der Waals surface area (Å²) < 4.78 is 10.4. The topological polar surface area (TPSA) is 73.3 Å². The summed E-state index contributed by atoms with van der Waals surface area (Å²) in [6.45, 7) is 2.22. The van der Waals surface area contributed by atoms with E-state index in [-0.39, 0.29) is 11.9 Å². The van der Waals surface area contributed by atoms with Crippen molar-refractivity contribution in [3.8, 4) is 11.3 Å². The van der Waals surface area contributed by atoms with Crippen LogP contribution in [0.25, 0.3) is 11.3 Å². The van der Waals surface area contributed by atoms with Crippen LogP contribution in [0.4, 0.5) is 5.88 Å². The lowest BCUT2D eigenvalue weighted by atomic mass is 10.0. The monoisotopic (exact) mass is 279 g/mol. The molecule has 3 rings (SSSR count). The predicted octanol–water partition coefficient (Wildman–Crippen LogP) is 2.24. The zero-order chi connectivity index (χ0) is 13.2. The van der Waals surface area contributed by atoms with Gasteiger partial charge in [0.05, 0.1) is 19.3 Å². The highest BCUT2D eigenvalue weighted by Crippen LogP contribution is 2.28. The van der Waals surface area contributed by atoms with Crippen molar-refractivity contribution < 1.29 is 9.26 Å². The highest BCUT2D eigenvalue weighted by Gasteiger charge is 2.17. The molecule has 1 saturated heterocycles. The first-order valence-corrected chi connectivity index (χ1v) is 6.44. The lowest BCUT2D eigenvalue weighted by molar-refractivity contribution is 0.0769. The average molecular weight is 280 g/mol. The van der Waals surface area contributed by atoms with Crippen LogP contribution in [0, 0.1) is 0 Å². The number of hydrogen-bond donors (Lipinski definition) is 2. The highest BCUT2D eigenvalue weighted by atomic mass is 35.5. The summed E-state index contributed by atoms with van der Waals surface area (Å²) in [5.41, 5.74) is 8.18. The van der Waals surface area contributed by atoms with Crippen LogP contribution in [0.3, 0.4) is 0 Å². The minimum atomic E-state index is 0.149. The van der Waals surface area contributed by atoms with E-state index >= 15 is 0 Å². The van der Waals surface area contributed by atoms with Gasteiger partial charge in [0.15, 0.2) is 0 Å². The zero-order valence-electron chi connectivity index (χ0n) is 10.2. The number of halogens is 1. The Labute approximate surface area is 115 Å². The molecule has 1 aliphatic heterocycles. The molecule has 1 aromatic carbocycles. The van der Waals surface area contributed by atoms with Gasteiger partial charge in [0, 0.05) is 23.2 Å². The predicted molar refractivity (Wildman–Crippen MR) is 72.9 cm³/mol. The van der Waals surface area contributed by atoms with Crippen LogP contribution in [0.2, 0.25) is 5.02 Å². The summed E-state index contributed by atoms with van der Waals surface area (Å²) in [7, 11) is 0. The Hall–Kier alpha value is -1.56. The number of nitrogens with zero attached hydrogens (tertiary/aromatic N) is 1. The molecule has 0 amide bonds. The lowest BCUT2D eigenvalue weighted by Gasteiger charge is -2.24. The normalized spacial score (nSPS) is 19.5. The third-order valence-electron chi connectivity index (χ3n) is 3.07. The minimum absolute atomic E-state index is 0.149. The van der Waals surface area contributed by atoms with Gasteiger partial charge in [0.1, 0.15) is 5.69 Å². The van der Waals surface area contributed by atoms with Crippen LogP contribution in [0.5, 0.6) is 0 Å². The van der Waals surface area contributed by atoms with Crippen molar-refractivity contribution in [2.45, 2.75) is 6.04 Å². The molecule has 1 aromatic heterocycles. The second-order valence-corrected chi connectivity index (χ2v) is 4.91. The van der Waals surface area contributed by atoms with Gasteiger partial charge in [-0.15, -0.1) is 0 Å². The van der Waals surface area contributed by atoms with Gasteiger partial charge in [0.25, 0.3) is 0 Å². The average Bonchev–Trinajstić information content (AvgIpc) is 2.86.